The van der Waals surface area contributed by atoms with Crippen molar-refractivity contribution in [3.63, 3.8) is 0 Å². The zero-order valence-corrected chi connectivity index (χ0v) is 11.2. The van der Waals surface area contributed by atoms with Crippen LogP contribution in [0.5, 0.6) is 0 Å². The second-order valence-corrected chi connectivity index (χ2v) is 5.26. The molecule has 1 N–H and O–H groups in total. The van der Waals surface area contributed by atoms with Crippen molar-refractivity contribution < 1.29 is 9.90 Å². The Hall–Kier alpha value is -0.940. The van der Waals surface area contributed by atoms with Crippen LogP contribution in [0.4, 0.5) is 0 Å². The van der Waals surface area contributed by atoms with E-state index in [1.807, 2.05) is 6.92 Å². The van der Waals surface area contributed by atoms with Crippen LogP contribution in [0.1, 0.15) is 23.7 Å². The summed E-state index contributed by atoms with van der Waals surface area (Å²) in [5.74, 6) is 0.143. The zero-order valence-electron chi connectivity index (χ0n) is 9.64. The average molecular weight is 299 g/mol. The Balaban J connectivity index is 2.10. The van der Waals surface area contributed by atoms with Gasteiger partial charge in [0.05, 0.1) is 6.10 Å². The minimum Gasteiger partial charge on any atom is -0.393 e. The largest absolute Gasteiger partial charge is 0.393 e. The fourth-order valence-corrected chi connectivity index (χ4v) is 2.40. The van der Waals surface area contributed by atoms with E-state index in [9.17, 15) is 9.90 Å². The maximum Gasteiger partial charge on any atom is 0.254 e. The monoisotopic (exact) mass is 298 g/mol. The van der Waals surface area contributed by atoms with Gasteiger partial charge in [-0.2, -0.15) is 0 Å². The van der Waals surface area contributed by atoms with Gasteiger partial charge in [0.15, 0.2) is 0 Å². The number of halogens is 1. The lowest BCUT2D eigenvalue weighted by Crippen LogP contribution is -2.44. The summed E-state index contributed by atoms with van der Waals surface area (Å²) in [6.45, 7) is 3.19. The molecule has 1 aliphatic rings. The molecular weight excluding hydrogens is 284 g/mol. The van der Waals surface area contributed by atoms with Crippen LogP contribution < -0.4 is 0 Å². The molecule has 2 atom stereocenters. The van der Waals surface area contributed by atoms with Gasteiger partial charge in [-0.05, 0) is 40.4 Å². The lowest BCUT2D eigenvalue weighted by molar-refractivity contribution is 0.0297. The molecule has 1 fully saturated rings. The topological polar surface area (TPSA) is 53.4 Å². The van der Waals surface area contributed by atoms with Gasteiger partial charge in [-0.25, -0.2) is 4.98 Å². The summed E-state index contributed by atoms with van der Waals surface area (Å²) in [5, 5.41) is 9.64. The molecule has 5 heteroatoms. The highest BCUT2D eigenvalue weighted by Gasteiger charge is 2.27. The number of pyridine rings is 1. The molecule has 2 heterocycles. The number of hydrogen-bond acceptors (Lipinski definition) is 3. The second-order valence-electron chi connectivity index (χ2n) is 4.45. The molecular formula is C12H15BrN2O2. The first-order valence-corrected chi connectivity index (χ1v) is 6.46. The van der Waals surface area contributed by atoms with Crippen LogP contribution in [-0.4, -0.2) is 40.1 Å². The minimum atomic E-state index is -0.289. The molecule has 0 aliphatic carbocycles. The number of likely N-dealkylation sites (tertiary alicyclic amines) is 1. The van der Waals surface area contributed by atoms with E-state index in [0.717, 1.165) is 0 Å². The van der Waals surface area contributed by atoms with E-state index in [-0.39, 0.29) is 17.9 Å². The summed E-state index contributed by atoms with van der Waals surface area (Å²) in [7, 11) is 0. The molecule has 1 aromatic rings. The van der Waals surface area contributed by atoms with Gasteiger partial charge in [-0.1, -0.05) is 6.92 Å². The zero-order chi connectivity index (χ0) is 12.4. The lowest BCUT2D eigenvalue weighted by Gasteiger charge is -2.34. The standard InChI is InChI=1S/C12H15BrN2O2/c1-8-7-15(5-3-10(8)16)12(17)9-2-4-14-11(13)6-9/h2,4,6,8,10,16H,3,5,7H2,1H3. The normalized spacial score (nSPS) is 24.8. The van der Waals surface area contributed by atoms with E-state index in [4.69, 9.17) is 0 Å². The molecule has 1 amide bonds. The molecule has 2 rings (SSSR count). The molecule has 0 aromatic carbocycles. The van der Waals surface area contributed by atoms with Crippen molar-refractivity contribution in [1.29, 1.82) is 0 Å². The van der Waals surface area contributed by atoms with Crippen LogP contribution in [0.25, 0.3) is 0 Å². The molecule has 1 saturated heterocycles. The van der Waals surface area contributed by atoms with Crippen molar-refractivity contribution >= 4 is 21.8 Å². The fourth-order valence-electron chi connectivity index (χ4n) is 2.04. The Kier molecular flexibility index (Phi) is 3.79. The molecule has 0 saturated carbocycles. The van der Waals surface area contributed by atoms with Crippen LogP contribution in [0.2, 0.25) is 0 Å². The quantitative estimate of drug-likeness (QED) is 0.803. The number of nitrogens with zero attached hydrogens (tertiary/aromatic N) is 2. The molecule has 4 nitrogen and oxygen atoms in total. The van der Waals surface area contributed by atoms with E-state index in [2.05, 4.69) is 20.9 Å². The Morgan fingerprint density at radius 1 is 1.65 bits per heavy atom. The third-order valence-electron chi connectivity index (χ3n) is 3.12. The van der Waals surface area contributed by atoms with E-state index in [1.165, 1.54) is 0 Å². The number of amides is 1. The smallest absolute Gasteiger partial charge is 0.254 e. The number of carbonyl (C=O) groups is 1. The molecule has 2 unspecified atom stereocenters. The van der Waals surface area contributed by atoms with Gasteiger partial charge >= 0.3 is 0 Å². The lowest BCUT2D eigenvalue weighted by atomic mass is 9.96. The number of hydrogen-bond donors (Lipinski definition) is 1. The third-order valence-corrected chi connectivity index (χ3v) is 3.55. The summed E-state index contributed by atoms with van der Waals surface area (Å²) in [6, 6.07) is 3.43. The minimum absolute atomic E-state index is 0.00634. The van der Waals surface area contributed by atoms with Gasteiger partial charge in [0.25, 0.3) is 5.91 Å². The Morgan fingerprint density at radius 2 is 2.41 bits per heavy atom. The van der Waals surface area contributed by atoms with E-state index in [1.54, 1.807) is 23.2 Å². The van der Waals surface area contributed by atoms with Crippen LogP contribution in [0.3, 0.4) is 0 Å². The predicted molar refractivity (Wildman–Crippen MR) is 67.6 cm³/mol. The Labute approximate surface area is 109 Å². The van der Waals surface area contributed by atoms with Gasteiger partial charge in [-0.15, -0.1) is 0 Å². The number of aliphatic hydroxyl groups is 1. The van der Waals surface area contributed by atoms with Crippen molar-refractivity contribution in [2.75, 3.05) is 13.1 Å². The number of piperidine rings is 1. The highest BCUT2D eigenvalue weighted by Crippen LogP contribution is 2.19. The van der Waals surface area contributed by atoms with Crippen LogP contribution in [0.15, 0.2) is 22.9 Å². The fraction of sp³-hybridized carbons (Fsp3) is 0.500. The summed E-state index contributed by atoms with van der Waals surface area (Å²) < 4.78 is 0.661. The highest BCUT2D eigenvalue weighted by molar-refractivity contribution is 9.10. The van der Waals surface area contributed by atoms with Gasteiger partial charge in [-0.3, -0.25) is 4.79 Å². The first-order chi connectivity index (χ1) is 8.08. The van der Waals surface area contributed by atoms with E-state index in [0.29, 0.717) is 29.7 Å². The molecule has 1 aliphatic heterocycles. The summed E-state index contributed by atoms with van der Waals surface area (Å²) in [6.07, 6.45) is 1.97. The van der Waals surface area contributed by atoms with Crippen molar-refractivity contribution in [1.82, 2.24) is 9.88 Å². The average Bonchev–Trinajstić information content (AvgIpc) is 2.32. The highest BCUT2D eigenvalue weighted by atomic mass is 79.9. The Bertz CT molecular complexity index is 425. The number of aromatic nitrogens is 1. The number of aliphatic hydroxyl groups excluding tert-OH is 1. The number of rotatable bonds is 1. The van der Waals surface area contributed by atoms with Crippen LogP contribution >= 0.6 is 15.9 Å². The molecule has 1 aromatic heterocycles. The van der Waals surface area contributed by atoms with Gasteiger partial charge < -0.3 is 10.0 Å². The Morgan fingerprint density at radius 3 is 3.06 bits per heavy atom. The molecule has 0 spiro atoms. The number of carbonyl (C=O) groups excluding carboxylic acids is 1. The second kappa shape index (κ2) is 5.14. The van der Waals surface area contributed by atoms with Crippen molar-refractivity contribution in [2.24, 2.45) is 5.92 Å². The summed E-state index contributed by atoms with van der Waals surface area (Å²) in [5.41, 5.74) is 0.635. The maximum atomic E-state index is 12.2. The van der Waals surface area contributed by atoms with E-state index < -0.39 is 0 Å². The van der Waals surface area contributed by atoms with Gasteiger partial charge in [0, 0.05) is 24.8 Å². The SMILES string of the molecule is CC1CN(C(=O)c2ccnc(Br)c2)CCC1O. The van der Waals surface area contributed by atoms with Gasteiger partial charge in [0.1, 0.15) is 4.60 Å². The molecule has 0 radical (unpaired) electrons. The van der Waals surface area contributed by atoms with Crippen LogP contribution in [0, 0.1) is 5.92 Å². The van der Waals surface area contributed by atoms with Crippen molar-refractivity contribution in [3.8, 4) is 0 Å². The maximum absolute atomic E-state index is 12.2. The predicted octanol–water partition coefficient (Wildman–Crippen LogP) is 1.69. The molecule has 0 bridgehead atoms. The van der Waals surface area contributed by atoms with E-state index >= 15 is 0 Å². The summed E-state index contributed by atoms with van der Waals surface area (Å²) in [4.78, 5) is 18.0. The molecule has 92 valence electrons. The first-order valence-electron chi connectivity index (χ1n) is 5.67. The van der Waals surface area contributed by atoms with Gasteiger partial charge in [0.2, 0.25) is 0 Å². The van der Waals surface area contributed by atoms with Crippen molar-refractivity contribution in [3.05, 3.63) is 28.5 Å². The van der Waals surface area contributed by atoms with Crippen LogP contribution in [-0.2, 0) is 0 Å². The first kappa shape index (κ1) is 12.5. The molecule has 17 heavy (non-hydrogen) atoms. The van der Waals surface area contributed by atoms with Crippen molar-refractivity contribution in [2.45, 2.75) is 19.4 Å². The summed E-state index contributed by atoms with van der Waals surface area (Å²) >= 11 is 3.25. The third kappa shape index (κ3) is 2.84.